The number of rotatable bonds is 8. The van der Waals surface area contributed by atoms with Crippen molar-refractivity contribution in [1.29, 1.82) is 0 Å². The van der Waals surface area contributed by atoms with Gasteiger partial charge in [-0.05, 0) is 20.3 Å². The number of nitrogens with one attached hydrogen (secondary N) is 1. The fraction of sp³-hybridized carbons (Fsp3) is 0.600. The van der Waals surface area contributed by atoms with Crippen molar-refractivity contribution in [2.75, 3.05) is 13.7 Å². The van der Waals surface area contributed by atoms with Crippen LogP contribution in [0.5, 0.6) is 0 Å². The van der Waals surface area contributed by atoms with Crippen molar-refractivity contribution >= 4 is 5.91 Å². The average molecular weight is 320 g/mol. The molecular weight excluding hydrogens is 296 g/mol. The highest BCUT2D eigenvalue weighted by Crippen LogP contribution is 2.12. The monoisotopic (exact) mass is 320 g/mol. The number of aromatic nitrogens is 5. The van der Waals surface area contributed by atoms with Crippen LogP contribution in [0.3, 0.4) is 0 Å². The van der Waals surface area contributed by atoms with E-state index in [4.69, 9.17) is 4.74 Å². The number of carbonyl (C=O) groups excluding carboxylic acids is 1. The number of ether oxygens (including phenoxy) is 1. The predicted octanol–water partition coefficient (Wildman–Crippen LogP) is 1.33. The fourth-order valence-corrected chi connectivity index (χ4v) is 2.38. The number of amides is 1. The third-order valence-electron chi connectivity index (χ3n) is 3.56. The van der Waals surface area contributed by atoms with Crippen molar-refractivity contribution in [3.8, 4) is 0 Å². The van der Waals surface area contributed by atoms with Gasteiger partial charge < -0.3 is 14.6 Å². The Bertz CT molecular complexity index is 648. The molecule has 0 aliphatic carbocycles. The highest BCUT2D eigenvalue weighted by Gasteiger charge is 2.19. The minimum Gasteiger partial charge on any atom is -0.383 e. The van der Waals surface area contributed by atoms with Gasteiger partial charge in [0.2, 0.25) is 0 Å². The highest BCUT2D eigenvalue weighted by molar-refractivity contribution is 5.95. The van der Waals surface area contributed by atoms with Gasteiger partial charge in [0.15, 0.2) is 5.82 Å². The standard InChI is InChI=1S/C15H24N6O2/c1-5-6-21-9-13(11(2)19-21)15(22)17-12(3)14-18-16-10-20(14)7-8-23-4/h9-10,12H,5-8H2,1-4H3,(H,17,22). The van der Waals surface area contributed by atoms with Crippen molar-refractivity contribution < 1.29 is 9.53 Å². The molecule has 0 saturated heterocycles. The molecule has 1 unspecified atom stereocenters. The maximum atomic E-state index is 12.5. The smallest absolute Gasteiger partial charge is 0.255 e. The molecule has 0 radical (unpaired) electrons. The normalized spacial score (nSPS) is 12.3. The molecule has 8 heteroatoms. The van der Waals surface area contributed by atoms with E-state index in [1.165, 1.54) is 0 Å². The first-order chi connectivity index (χ1) is 11.1. The SMILES string of the molecule is CCCn1cc(C(=O)NC(C)c2nncn2CCOC)c(C)n1. The number of aryl methyl sites for hydroxylation is 2. The van der Waals surface area contributed by atoms with E-state index in [1.807, 2.05) is 18.4 Å². The summed E-state index contributed by atoms with van der Waals surface area (Å²) in [6.07, 6.45) is 4.40. The molecule has 0 saturated carbocycles. The first-order valence-electron chi connectivity index (χ1n) is 7.78. The molecule has 126 valence electrons. The molecule has 2 aromatic heterocycles. The van der Waals surface area contributed by atoms with E-state index in [9.17, 15) is 4.79 Å². The Labute approximate surface area is 135 Å². The zero-order valence-corrected chi connectivity index (χ0v) is 14.1. The second-order valence-electron chi connectivity index (χ2n) is 5.46. The molecule has 23 heavy (non-hydrogen) atoms. The largest absolute Gasteiger partial charge is 0.383 e. The minimum absolute atomic E-state index is 0.154. The Balaban J connectivity index is 2.06. The Hall–Kier alpha value is -2.22. The molecular formula is C15H24N6O2. The zero-order chi connectivity index (χ0) is 16.8. The van der Waals surface area contributed by atoms with Crippen LogP contribution in [-0.4, -0.2) is 44.2 Å². The zero-order valence-electron chi connectivity index (χ0n) is 14.1. The van der Waals surface area contributed by atoms with Crippen LogP contribution >= 0.6 is 0 Å². The van der Waals surface area contributed by atoms with Gasteiger partial charge in [-0.25, -0.2) is 0 Å². The Morgan fingerprint density at radius 2 is 2.22 bits per heavy atom. The first-order valence-corrected chi connectivity index (χ1v) is 7.78. The minimum atomic E-state index is -0.254. The van der Waals surface area contributed by atoms with Gasteiger partial charge in [0, 0.05) is 26.4 Å². The summed E-state index contributed by atoms with van der Waals surface area (Å²) in [4.78, 5) is 12.5. The molecule has 8 nitrogen and oxygen atoms in total. The van der Waals surface area contributed by atoms with E-state index < -0.39 is 0 Å². The van der Waals surface area contributed by atoms with Gasteiger partial charge in [-0.15, -0.1) is 10.2 Å². The number of hydrogen-bond acceptors (Lipinski definition) is 5. The third kappa shape index (κ3) is 4.16. The lowest BCUT2D eigenvalue weighted by atomic mass is 10.2. The summed E-state index contributed by atoms with van der Waals surface area (Å²) >= 11 is 0. The summed E-state index contributed by atoms with van der Waals surface area (Å²) in [6.45, 7) is 7.81. The molecule has 2 rings (SSSR count). The van der Waals surface area contributed by atoms with Crippen LogP contribution in [0.1, 0.15) is 48.2 Å². The number of hydrogen-bond donors (Lipinski definition) is 1. The molecule has 2 aromatic rings. The fourth-order valence-electron chi connectivity index (χ4n) is 2.38. The topological polar surface area (TPSA) is 86.9 Å². The van der Waals surface area contributed by atoms with E-state index in [0.717, 1.165) is 18.7 Å². The number of carbonyl (C=O) groups is 1. The molecule has 0 aliphatic rings. The van der Waals surface area contributed by atoms with E-state index in [2.05, 4.69) is 27.5 Å². The Kier molecular flexibility index (Phi) is 5.86. The lowest BCUT2D eigenvalue weighted by Crippen LogP contribution is -2.29. The van der Waals surface area contributed by atoms with Gasteiger partial charge in [-0.3, -0.25) is 9.48 Å². The molecule has 0 aromatic carbocycles. The predicted molar refractivity (Wildman–Crippen MR) is 85.0 cm³/mol. The number of methoxy groups -OCH3 is 1. The number of nitrogens with zero attached hydrogens (tertiary/aromatic N) is 5. The maximum Gasteiger partial charge on any atom is 0.255 e. The quantitative estimate of drug-likeness (QED) is 0.793. The van der Waals surface area contributed by atoms with Crippen molar-refractivity contribution in [3.05, 3.63) is 29.6 Å². The van der Waals surface area contributed by atoms with Crippen molar-refractivity contribution in [3.63, 3.8) is 0 Å². The average Bonchev–Trinajstić information content (AvgIpc) is 3.12. The van der Waals surface area contributed by atoms with Crippen LogP contribution < -0.4 is 5.32 Å². The maximum absolute atomic E-state index is 12.5. The molecule has 1 amide bonds. The van der Waals surface area contributed by atoms with Gasteiger partial charge >= 0.3 is 0 Å². The van der Waals surface area contributed by atoms with Gasteiger partial charge in [-0.1, -0.05) is 6.92 Å². The molecule has 0 bridgehead atoms. The van der Waals surface area contributed by atoms with Gasteiger partial charge in [-0.2, -0.15) is 5.10 Å². The van der Waals surface area contributed by atoms with Crippen molar-refractivity contribution in [2.24, 2.45) is 0 Å². The second-order valence-corrected chi connectivity index (χ2v) is 5.46. The molecule has 0 spiro atoms. The van der Waals surface area contributed by atoms with Crippen LogP contribution in [-0.2, 0) is 17.8 Å². The Morgan fingerprint density at radius 3 is 2.91 bits per heavy atom. The van der Waals surface area contributed by atoms with Crippen LogP contribution in [0, 0.1) is 6.92 Å². The molecule has 2 heterocycles. The van der Waals surface area contributed by atoms with E-state index in [-0.39, 0.29) is 11.9 Å². The van der Waals surface area contributed by atoms with Crippen LogP contribution in [0.15, 0.2) is 12.5 Å². The summed E-state index contributed by atoms with van der Waals surface area (Å²) in [7, 11) is 1.64. The molecule has 0 fully saturated rings. The summed E-state index contributed by atoms with van der Waals surface area (Å²) in [6, 6.07) is -0.254. The molecule has 1 N–H and O–H groups in total. The van der Waals surface area contributed by atoms with E-state index >= 15 is 0 Å². The van der Waals surface area contributed by atoms with Crippen LogP contribution in [0.4, 0.5) is 0 Å². The Morgan fingerprint density at radius 1 is 1.43 bits per heavy atom. The molecule has 0 aliphatic heterocycles. The summed E-state index contributed by atoms with van der Waals surface area (Å²) in [5.41, 5.74) is 1.32. The van der Waals surface area contributed by atoms with Crippen LogP contribution in [0.25, 0.3) is 0 Å². The van der Waals surface area contributed by atoms with Gasteiger partial charge in [0.25, 0.3) is 5.91 Å². The summed E-state index contributed by atoms with van der Waals surface area (Å²) in [5, 5.41) is 15.3. The highest BCUT2D eigenvalue weighted by atomic mass is 16.5. The van der Waals surface area contributed by atoms with E-state index in [0.29, 0.717) is 24.5 Å². The van der Waals surface area contributed by atoms with Crippen molar-refractivity contribution in [2.45, 2.75) is 46.3 Å². The van der Waals surface area contributed by atoms with Crippen LogP contribution in [0.2, 0.25) is 0 Å². The lowest BCUT2D eigenvalue weighted by Gasteiger charge is -2.14. The van der Waals surface area contributed by atoms with Gasteiger partial charge in [0.1, 0.15) is 6.33 Å². The van der Waals surface area contributed by atoms with E-state index in [1.54, 1.807) is 24.3 Å². The molecule has 1 atom stereocenters. The van der Waals surface area contributed by atoms with Gasteiger partial charge in [0.05, 0.1) is 23.9 Å². The first kappa shape index (κ1) is 17.1. The second kappa shape index (κ2) is 7.87. The summed E-state index contributed by atoms with van der Waals surface area (Å²) < 4.78 is 8.75. The lowest BCUT2D eigenvalue weighted by molar-refractivity contribution is 0.0936. The summed E-state index contributed by atoms with van der Waals surface area (Å²) in [5.74, 6) is 0.549. The van der Waals surface area contributed by atoms with Crippen molar-refractivity contribution in [1.82, 2.24) is 29.9 Å². The third-order valence-corrected chi connectivity index (χ3v) is 3.56.